The SMILES string of the molecule is CN[C@H](CO)CC1CCNC1=O. The van der Waals surface area contributed by atoms with Gasteiger partial charge in [0.25, 0.3) is 0 Å². The van der Waals surface area contributed by atoms with Crippen LogP contribution in [0.4, 0.5) is 0 Å². The number of likely N-dealkylation sites (N-methyl/N-ethyl adjacent to an activating group) is 1. The predicted molar refractivity (Wildman–Crippen MR) is 45.7 cm³/mol. The Morgan fingerprint density at radius 1 is 1.83 bits per heavy atom. The quantitative estimate of drug-likeness (QED) is 0.514. The minimum atomic E-state index is 0.0545. The van der Waals surface area contributed by atoms with Gasteiger partial charge in [0.2, 0.25) is 5.91 Å². The normalized spacial score (nSPS) is 25.5. The van der Waals surface area contributed by atoms with Gasteiger partial charge in [-0.15, -0.1) is 0 Å². The van der Waals surface area contributed by atoms with Crippen LogP contribution < -0.4 is 10.6 Å². The fourth-order valence-electron chi connectivity index (χ4n) is 1.50. The summed E-state index contributed by atoms with van der Waals surface area (Å²) in [5, 5.41) is 14.6. The number of aliphatic hydroxyl groups excluding tert-OH is 1. The zero-order chi connectivity index (χ0) is 8.97. The molecule has 1 rings (SSSR count). The fourth-order valence-corrected chi connectivity index (χ4v) is 1.50. The van der Waals surface area contributed by atoms with Crippen molar-refractivity contribution in [3.63, 3.8) is 0 Å². The van der Waals surface area contributed by atoms with Crippen LogP contribution >= 0.6 is 0 Å². The van der Waals surface area contributed by atoms with E-state index in [2.05, 4.69) is 10.6 Å². The third kappa shape index (κ3) is 2.19. The lowest BCUT2D eigenvalue weighted by molar-refractivity contribution is -0.122. The van der Waals surface area contributed by atoms with Gasteiger partial charge in [-0.1, -0.05) is 0 Å². The number of amides is 1. The lowest BCUT2D eigenvalue weighted by Crippen LogP contribution is -2.33. The third-order valence-corrected chi connectivity index (χ3v) is 2.36. The van der Waals surface area contributed by atoms with Crippen molar-refractivity contribution < 1.29 is 9.90 Å². The van der Waals surface area contributed by atoms with Gasteiger partial charge in [-0.25, -0.2) is 0 Å². The van der Waals surface area contributed by atoms with E-state index in [0.717, 1.165) is 19.4 Å². The molecule has 2 atom stereocenters. The summed E-state index contributed by atoms with van der Waals surface area (Å²) in [6, 6.07) is 0.0545. The first-order chi connectivity index (χ1) is 5.77. The van der Waals surface area contributed by atoms with Crippen LogP contribution in [0.15, 0.2) is 0 Å². The first-order valence-corrected chi connectivity index (χ1v) is 4.33. The van der Waals surface area contributed by atoms with E-state index in [1.54, 1.807) is 7.05 Å². The Kier molecular flexibility index (Phi) is 3.49. The second kappa shape index (κ2) is 4.42. The standard InChI is InChI=1S/C8H16N2O2/c1-9-7(5-11)4-6-2-3-10-8(6)12/h6-7,9,11H,2-5H2,1H3,(H,10,12)/t6?,7-/m0/s1. The molecule has 70 valence electrons. The van der Waals surface area contributed by atoms with E-state index >= 15 is 0 Å². The molecule has 0 aromatic heterocycles. The molecule has 3 N–H and O–H groups in total. The molecule has 0 aromatic carbocycles. The Balaban J connectivity index is 2.33. The van der Waals surface area contributed by atoms with Gasteiger partial charge in [-0.3, -0.25) is 4.79 Å². The zero-order valence-corrected chi connectivity index (χ0v) is 7.34. The third-order valence-electron chi connectivity index (χ3n) is 2.36. The molecule has 1 unspecified atom stereocenters. The number of aliphatic hydroxyl groups is 1. The molecule has 0 aliphatic carbocycles. The van der Waals surface area contributed by atoms with E-state index in [1.807, 2.05) is 0 Å². The summed E-state index contributed by atoms with van der Waals surface area (Å²) in [5.74, 6) is 0.221. The highest BCUT2D eigenvalue weighted by molar-refractivity contribution is 5.80. The molecule has 1 fully saturated rings. The van der Waals surface area contributed by atoms with Crippen molar-refractivity contribution >= 4 is 5.91 Å². The Bertz CT molecular complexity index is 157. The summed E-state index contributed by atoms with van der Waals surface area (Å²) in [7, 11) is 1.80. The van der Waals surface area contributed by atoms with Crippen LogP contribution in [0.5, 0.6) is 0 Å². The second-order valence-corrected chi connectivity index (χ2v) is 3.18. The maximum absolute atomic E-state index is 11.1. The molecular formula is C8H16N2O2. The van der Waals surface area contributed by atoms with Crippen molar-refractivity contribution in [2.75, 3.05) is 20.2 Å². The lowest BCUT2D eigenvalue weighted by atomic mass is 9.99. The molecule has 4 heteroatoms. The predicted octanol–water partition coefficient (Wildman–Crippen LogP) is -0.907. The maximum Gasteiger partial charge on any atom is 0.223 e. The monoisotopic (exact) mass is 172 g/mol. The molecule has 0 saturated carbocycles. The van der Waals surface area contributed by atoms with Crippen molar-refractivity contribution in [3.8, 4) is 0 Å². The Morgan fingerprint density at radius 2 is 2.58 bits per heavy atom. The highest BCUT2D eigenvalue weighted by Crippen LogP contribution is 2.15. The van der Waals surface area contributed by atoms with Crippen LogP contribution in [0, 0.1) is 5.92 Å². The van der Waals surface area contributed by atoms with E-state index in [9.17, 15) is 4.79 Å². The average molecular weight is 172 g/mol. The van der Waals surface area contributed by atoms with E-state index in [4.69, 9.17) is 5.11 Å². The summed E-state index contributed by atoms with van der Waals surface area (Å²) in [4.78, 5) is 11.1. The molecule has 1 amide bonds. The number of nitrogens with one attached hydrogen (secondary N) is 2. The topological polar surface area (TPSA) is 61.4 Å². The molecule has 0 aromatic rings. The molecule has 0 radical (unpaired) electrons. The van der Waals surface area contributed by atoms with E-state index < -0.39 is 0 Å². The van der Waals surface area contributed by atoms with E-state index in [0.29, 0.717) is 0 Å². The highest BCUT2D eigenvalue weighted by Gasteiger charge is 2.26. The zero-order valence-electron chi connectivity index (χ0n) is 7.34. The Morgan fingerprint density at radius 3 is 3.00 bits per heavy atom. The maximum atomic E-state index is 11.1. The van der Waals surface area contributed by atoms with Gasteiger partial charge in [0.15, 0.2) is 0 Å². The average Bonchev–Trinajstić information content (AvgIpc) is 2.47. The van der Waals surface area contributed by atoms with Gasteiger partial charge >= 0.3 is 0 Å². The number of carbonyl (C=O) groups excluding carboxylic acids is 1. The Hall–Kier alpha value is -0.610. The molecule has 12 heavy (non-hydrogen) atoms. The Labute approximate surface area is 72.3 Å². The van der Waals surface area contributed by atoms with Crippen LogP contribution in [0.3, 0.4) is 0 Å². The summed E-state index contributed by atoms with van der Waals surface area (Å²) < 4.78 is 0. The lowest BCUT2D eigenvalue weighted by Gasteiger charge is -2.15. The second-order valence-electron chi connectivity index (χ2n) is 3.18. The minimum absolute atomic E-state index is 0.0545. The summed E-state index contributed by atoms with van der Waals surface area (Å²) in [6.07, 6.45) is 1.63. The first kappa shape index (κ1) is 9.48. The largest absolute Gasteiger partial charge is 0.395 e. The van der Waals surface area contributed by atoms with Crippen molar-refractivity contribution in [3.05, 3.63) is 0 Å². The van der Waals surface area contributed by atoms with E-state index in [-0.39, 0.29) is 24.5 Å². The summed E-state index contributed by atoms with van der Waals surface area (Å²) in [5.41, 5.74) is 0. The van der Waals surface area contributed by atoms with Crippen LogP contribution in [-0.4, -0.2) is 37.3 Å². The van der Waals surface area contributed by atoms with Crippen LogP contribution in [-0.2, 0) is 4.79 Å². The van der Waals surface area contributed by atoms with Crippen molar-refractivity contribution in [2.45, 2.75) is 18.9 Å². The number of carbonyl (C=O) groups is 1. The van der Waals surface area contributed by atoms with Gasteiger partial charge in [-0.2, -0.15) is 0 Å². The first-order valence-electron chi connectivity index (χ1n) is 4.33. The molecule has 0 bridgehead atoms. The molecule has 4 nitrogen and oxygen atoms in total. The van der Waals surface area contributed by atoms with Gasteiger partial charge < -0.3 is 15.7 Å². The van der Waals surface area contributed by atoms with Gasteiger partial charge in [0, 0.05) is 18.5 Å². The van der Waals surface area contributed by atoms with Crippen molar-refractivity contribution in [1.29, 1.82) is 0 Å². The number of hydrogen-bond donors (Lipinski definition) is 3. The number of rotatable bonds is 4. The summed E-state index contributed by atoms with van der Waals surface area (Å²) >= 11 is 0. The van der Waals surface area contributed by atoms with Crippen LogP contribution in [0.25, 0.3) is 0 Å². The molecule has 1 heterocycles. The summed E-state index contributed by atoms with van der Waals surface area (Å²) in [6.45, 7) is 0.881. The van der Waals surface area contributed by atoms with E-state index in [1.165, 1.54) is 0 Å². The highest BCUT2D eigenvalue weighted by atomic mass is 16.3. The van der Waals surface area contributed by atoms with Gasteiger partial charge in [0.05, 0.1) is 6.61 Å². The molecule has 1 aliphatic rings. The van der Waals surface area contributed by atoms with Crippen LogP contribution in [0.1, 0.15) is 12.8 Å². The van der Waals surface area contributed by atoms with Crippen molar-refractivity contribution in [2.24, 2.45) is 5.92 Å². The van der Waals surface area contributed by atoms with Gasteiger partial charge in [0.1, 0.15) is 0 Å². The number of hydrogen-bond acceptors (Lipinski definition) is 3. The molecular weight excluding hydrogens is 156 g/mol. The fraction of sp³-hybridized carbons (Fsp3) is 0.875. The smallest absolute Gasteiger partial charge is 0.223 e. The molecule has 1 aliphatic heterocycles. The van der Waals surface area contributed by atoms with Crippen LogP contribution in [0.2, 0.25) is 0 Å². The molecule has 1 saturated heterocycles. The molecule has 0 spiro atoms. The van der Waals surface area contributed by atoms with Crippen molar-refractivity contribution in [1.82, 2.24) is 10.6 Å². The van der Waals surface area contributed by atoms with Gasteiger partial charge in [-0.05, 0) is 19.9 Å². The minimum Gasteiger partial charge on any atom is -0.395 e.